The molecule has 0 aliphatic rings. The lowest BCUT2D eigenvalue weighted by Gasteiger charge is -2.09. The number of rotatable bonds is 6. The van der Waals surface area contributed by atoms with Crippen molar-refractivity contribution in [3.05, 3.63) is 106 Å². The van der Waals surface area contributed by atoms with E-state index in [0.29, 0.717) is 21.2 Å². The zero-order valence-corrected chi connectivity index (χ0v) is 17.7. The zero-order valence-electron chi connectivity index (χ0n) is 16.2. The van der Waals surface area contributed by atoms with Gasteiger partial charge in [-0.2, -0.15) is 0 Å². The number of ketones is 1. The summed E-state index contributed by atoms with van der Waals surface area (Å²) in [7, 11) is 0. The van der Waals surface area contributed by atoms with Crippen LogP contribution in [0.15, 0.2) is 79.0 Å². The Hall–Kier alpha value is -3.34. The Morgan fingerprint density at radius 3 is 2.26 bits per heavy atom. The average molecular weight is 450 g/mol. The van der Waals surface area contributed by atoms with Gasteiger partial charge in [-0.3, -0.25) is 9.59 Å². The highest BCUT2D eigenvalue weighted by Gasteiger charge is 2.17. The Morgan fingerprint density at radius 2 is 1.55 bits per heavy atom. The first-order chi connectivity index (χ1) is 14.9. The Balaban J connectivity index is 1.64. The van der Waals surface area contributed by atoms with E-state index in [1.165, 1.54) is 0 Å². The Labute approximate surface area is 189 Å². The monoisotopic (exact) mass is 449 g/mol. The van der Waals surface area contributed by atoms with Gasteiger partial charge in [0.15, 0.2) is 5.78 Å². The topological polar surface area (TPSA) is 70.2 Å². The summed E-state index contributed by atoms with van der Waals surface area (Å²) in [6.45, 7) is 0. The van der Waals surface area contributed by atoms with Crippen LogP contribution in [-0.2, 0) is 11.2 Å². The fourth-order valence-electron chi connectivity index (χ4n) is 3.42. The molecule has 0 unspecified atom stereocenters. The lowest BCUT2D eigenvalue weighted by atomic mass is 9.94. The summed E-state index contributed by atoms with van der Waals surface area (Å²) < 4.78 is 0. The van der Waals surface area contributed by atoms with Crippen molar-refractivity contribution in [1.82, 2.24) is 4.98 Å². The molecule has 0 aliphatic heterocycles. The average Bonchev–Trinajstić information content (AvgIpc) is 3.25. The van der Waals surface area contributed by atoms with Gasteiger partial charge < -0.3 is 10.1 Å². The number of carbonyl (C=O) groups excluding carboxylic acids is 1. The predicted octanol–water partition coefficient (Wildman–Crippen LogP) is 6.51. The minimum Gasteiger partial charge on any atom is -0.481 e. The Kier molecular flexibility index (Phi) is 5.94. The fraction of sp³-hybridized carbons (Fsp3) is 0.0400. The number of benzene rings is 3. The molecule has 0 fully saturated rings. The van der Waals surface area contributed by atoms with Crippen molar-refractivity contribution >= 4 is 35.0 Å². The van der Waals surface area contributed by atoms with Crippen molar-refractivity contribution in [3.8, 4) is 22.4 Å². The van der Waals surface area contributed by atoms with Gasteiger partial charge in [-0.1, -0.05) is 77.8 Å². The number of halogens is 2. The molecule has 0 radical (unpaired) electrons. The van der Waals surface area contributed by atoms with Gasteiger partial charge in [-0.15, -0.1) is 0 Å². The van der Waals surface area contributed by atoms with E-state index in [9.17, 15) is 9.59 Å². The third kappa shape index (κ3) is 4.55. The molecule has 1 heterocycles. The highest BCUT2D eigenvalue weighted by molar-refractivity contribution is 6.42. The summed E-state index contributed by atoms with van der Waals surface area (Å²) in [5, 5.41) is 9.79. The van der Waals surface area contributed by atoms with Crippen LogP contribution in [0.25, 0.3) is 22.4 Å². The molecule has 6 heteroatoms. The molecule has 0 saturated carbocycles. The van der Waals surface area contributed by atoms with Crippen LogP contribution in [0.5, 0.6) is 0 Å². The minimum absolute atomic E-state index is 0.0275. The van der Waals surface area contributed by atoms with Gasteiger partial charge in [0.1, 0.15) is 0 Å². The van der Waals surface area contributed by atoms with E-state index in [4.69, 9.17) is 28.3 Å². The van der Waals surface area contributed by atoms with Gasteiger partial charge in [-0.25, -0.2) is 0 Å². The van der Waals surface area contributed by atoms with Crippen LogP contribution in [-0.4, -0.2) is 21.8 Å². The van der Waals surface area contributed by atoms with Crippen molar-refractivity contribution in [3.63, 3.8) is 0 Å². The number of carboxylic acids is 1. The van der Waals surface area contributed by atoms with Crippen LogP contribution in [0, 0.1) is 0 Å². The fourth-order valence-corrected chi connectivity index (χ4v) is 3.72. The molecular weight excluding hydrogens is 433 g/mol. The molecule has 0 aliphatic carbocycles. The van der Waals surface area contributed by atoms with Gasteiger partial charge in [0, 0.05) is 23.0 Å². The zero-order chi connectivity index (χ0) is 22.0. The Bertz CT molecular complexity index is 1280. The molecular formula is C25H17Cl2NO3. The molecule has 0 atom stereocenters. The second kappa shape index (κ2) is 8.80. The Morgan fingerprint density at radius 1 is 0.839 bits per heavy atom. The normalized spacial score (nSPS) is 10.8. The largest absolute Gasteiger partial charge is 0.481 e. The lowest BCUT2D eigenvalue weighted by molar-refractivity contribution is -0.136. The number of aromatic amines is 1. The second-order valence-electron chi connectivity index (χ2n) is 7.07. The minimum atomic E-state index is -0.874. The standard InChI is InChI=1S/C25H17Cl2NO3/c26-21-10-9-17(12-22(21)27)19-3-1-2-4-20(19)25(31)18-13-23(28-14-18)16-7-5-15(6-8-16)11-24(29)30/h1-10,12-14,28H,11H2,(H,29,30). The molecule has 0 saturated heterocycles. The van der Waals surface area contributed by atoms with E-state index in [1.54, 1.807) is 42.6 Å². The van der Waals surface area contributed by atoms with Crippen molar-refractivity contribution in [2.75, 3.05) is 0 Å². The van der Waals surface area contributed by atoms with E-state index in [1.807, 2.05) is 36.4 Å². The van der Waals surface area contributed by atoms with Crippen molar-refractivity contribution in [2.45, 2.75) is 6.42 Å². The molecule has 4 nitrogen and oxygen atoms in total. The van der Waals surface area contributed by atoms with Crippen LogP contribution >= 0.6 is 23.2 Å². The van der Waals surface area contributed by atoms with Crippen LogP contribution in [0.4, 0.5) is 0 Å². The summed E-state index contributed by atoms with van der Waals surface area (Å²) >= 11 is 12.2. The molecule has 1 aromatic heterocycles. The van der Waals surface area contributed by atoms with E-state index in [-0.39, 0.29) is 12.2 Å². The van der Waals surface area contributed by atoms with E-state index in [2.05, 4.69) is 4.98 Å². The number of carbonyl (C=O) groups is 2. The number of nitrogens with one attached hydrogen (secondary N) is 1. The highest BCUT2D eigenvalue weighted by atomic mass is 35.5. The third-order valence-electron chi connectivity index (χ3n) is 4.97. The summed E-state index contributed by atoms with van der Waals surface area (Å²) in [5.74, 6) is -0.993. The number of carboxylic acid groups (broad SMARTS) is 1. The highest BCUT2D eigenvalue weighted by Crippen LogP contribution is 2.32. The predicted molar refractivity (Wildman–Crippen MR) is 123 cm³/mol. The first-order valence-electron chi connectivity index (χ1n) is 9.51. The first-order valence-corrected chi connectivity index (χ1v) is 10.3. The molecule has 4 aromatic rings. The maximum Gasteiger partial charge on any atom is 0.307 e. The van der Waals surface area contributed by atoms with Crippen LogP contribution in [0.2, 0.25) is 10.0 Å². The summed E-state index contributed by atoms with van der Waals surface area (Å²) in [6.07, 6.45) is 1.65. The molecule has 0 bridgehead atoms. The molecule has 0 amide bonds. The number of aromatic nitrogens is 1. The van der Waals surface area contributed by atoms with Crippen LogP contribution in [0.3, 0.4) is 0 Å². The summed E-state index contributed by atoms with van der Waals surface area (Å²) in [5.41, 5.74) is 5.02. The van der Waals surface area contributed by atoms with E-state index < -0.39 is 5.97 Å². The van der Waals surface area contributed by atoms with Gasteiger partial charge >= 0.3 is 5.97 Å². The molecule has 0 spiro atoms. The third-order valence-corrected chi connectivity index (χ3v) is 5.71. The SMILES string of the molecule is O=C(O)Cc1ccc(-c2cc(C(=O)c3ccccc3-c3ccc(Cl)c(Cl)c3)c[nH]2)cc1. The van der Waals surface area contributed by atoms with Gasteiger partial charge in [0.05, 0.1) is 16.5 Å². The smallest absolute Gasteiger partial charge is 0.307 e. The van der Waals surface area contributed by atoms with E-state index >= 15 is 0 Å². The number of H-pyrrole nitrogens is 1. The van der Waals surface area contributed by atoms with E-state index in [0.717, 1.165) is 27.9 Å². The molecule has 2 N–H and O–H groups in total. The van der Waals surface area contributed by atoms with Crippen molar-refractivity contribution in [2.24, 2.45) is 0 Å². The number of hydrogen-bond acceptors (Lipinski definition) is 2. The van der Waals surface area contributed by atoms with Gasteiger partial charge in [-0.05, 0) is 40.5 Å². The molecule has 3 aromatic carbocycles. The number of hydrogen-bond donors (Lipinski definition) is 2. The quantitative estimate of drug-likeness (QED) is 0.329. The van der Waals surface area contributed by atoms with Crippen molar-refractivity contribution < 1.29 is 14.7 Å². The van der Waals surface area contributed by atoms with Crippen LogP contribution < -0.4 is 0 Å². The number of aliphatic carboxylic acids is 1. The van der Waals surface area contributed by atoms with Gasteiger partial charge in [0.25, 0.3) is 0 Å². The summed E-state index contributed by atoms with van der Waals surface area (Å²) in [6, 6.07) is 21.6. The molecule has 31 heavy (non-hydrogen) atoms. The summed E-state index contributed by atoms with van der Waals surface area (Å²) in [4.78, 5) is 27.2. The van der Waals surface area contributed by atoms with Gasteiger partial charge in [0.2, 0.25) is 0 Å². The maximum absolute atomic E-state index is 13.3. The molecule has 154 valence electrons. The first kappa shape index (κ1) is 20.9. The van der Waals surface area contributed by atoms with Crippen LogP contribution in [0.1, 0.15) is 21.5 Å². The maximum atomic E-state index is 13.3. The second-order valence-corrected chi connectivity index (χ2v) is 7.89. The van der Waals surface area contributed by atoms with Crippen molar-refractivity contribution in [1.29, 1.82) is 0 Å². The lowest BCUT2D eigenvalue weighted by Crippen LogP contribution is -2.02. The molecule has 4 rings (SSSR count).